The highest BCUT2D eigenvalue weighted by Crippen LogP contribution is 2.38. The Bertz CT molecular complexity index is 1310. The summed E-state index contributed by atoms with van der Waals surface area (Å²) >= 11 is 0. The van der Waals surface area contributed by atoms with Crippen molar-refractivity contribution < 1.29 is 22.5 Å². The molecule has 166 valence electrons. The van der Waals surface area contributed by atoms with E-state index in [4.69, 9.17) is 8.94 Å². The number of benzene rings is 2. The van der Waals surface area contributed by atoms with Crippen LogP contribution in [0.4, 0.5) is 13.6 Å². The Morgan fingerprint density at radius 3 is 2.39 bits per heavy atom. The third-order valence-corrected chi connectivity index (χ3v) is 5.45. The van der Waals surface area contributed by atoms with Gasteiger partial charge in [-0.3, -0.25) is 4.90 Å². The van der Waals surface area contributed by atoms with Crippen LogP contribution < -0.4 is 5.32 Å². The molecule has 1 aliphatic heterocycles. The van der Waals surface area contributed by atoms with Gasteiger partial charge in [0.25, 0.3) is 5.89 Å². The number of amides is 2. The minimum Gasteiger partial charge on any atom is -0.467 e. The molecule has 0 spiro atoms. The van der Waals surface area contributed by atoms with E-state index in [0.29, 0.717) is 28.2 Å². The van der Waals surface area contributed by atoms with Gasteiger partial charge < -0.3 is 14.3 Å². The lowest BCUT2D eigenvalue weighted by Crippen LogP contribution is -2.45. The number of furan rings is 1. The molecule has 9 heteroatoms. The molecule has 0 saturated heterocycles. The van der Waals surface area contributed by atoms with Gasteiger partial charge in [-0.05, 0) is 61.0 Å². The molecule has 1 unspecified atom stereocenters. The van der Waals surface area contributed by atoms with Crippen LogP contribution in [0.1, 0.15) is 30.2 Å². The number of urea groups is 1. The number of nitrogens with zero attached hydrogens (tertiary/aromatic N) is 3. The van der Waals surface area contributed by atoms with Gasteiger partial charge in [0.1, 0.15) is 17.4 Å². The molecular formula is C24H18F2N4O3. The van der Waals surface area contributed by atoms with Gasteiger partial charge in [-0.1, -0.05) is 17.3 Å². The third kappa shape index (κ3) is 4.00. The third-order valence-electron chi connectivity index (χ3n) is 5.45. The second-order valence-corrected chi connectivity index (χ2v) is 7.53. The molecule has 0 fully saturated rings. The molecule has 2 amide bonds. The summed E-state index contributed by atoms with van der Waals surface area (Å²) in [6, 6.07) is 14.1. The summed E-state index contributed by atoms with van der Waals surface area (Å²) < 4.78 is 37.8. The van der Waals surface area contributed by atoms with Gasteiger partial charge in [-0.25, -0.2) is 13.6 Å². The second kappa shape index (κ2) is 8.34. The minimum absolute atomic E-state index is 0.186. The summed E-state index contributed by atoms with van der Waals surface area (Å²) in [6.45, 7) is 1.97. The molecule has 7 nitrogen and oxygen atoms in total. The minimum atomic E-state index is -0.646. The largest absolute Gasteiger partial charge is 0.467 e. The van der Waals surface area contributed by atoms with Crippen LogP contribution in [-0.2, 0) is 6.54 Å². The van der Waals surface area contributed by atoms with Crippen LogP contribution in [0.2, 0.25) is 0 Å². The van der Waals surface area contributed by atoms with Gasteiger partial charge in [0.05, 0.1) is 24.4 Å². The summed E-state index contributed by atoms with van der Waals surface area (Å²) in [5, 5.41) is 6.97. The zero-order chi connectivity index (χ0) is 22.9. The van der Waals surface area contributed by atoms with Crippen LogP contribution in [-0.4, -0.2) is 21.1 Å². The first-order valence-electron chi connectivity index (χ1n) is 10.2. The van der Waals surface area contributed by atoms with Crippen molar-refractivity contribution in [2.24, 2.45) is 0 Å². The molecule has 0 saturated carbocycles. The number of rotatable bonds is 5. The standard InChI is InChI=1S/C24H18F2N4O3/c1-14-20(23-28-22(29-33-23)16-6-10-18(26)11-7-16)21(15-4-8-17(25)9-5-15)27-24(31)30(14)13-19-3-2-12-32-19/h2-12,21H,13H2,1H3,(H,27,31). The van der Waals surface area contributed by atoms with E-state index in [0.717, 1.165) is 0 Å². The molecular weight excluding hydrogens is 430 g/mol. The number of allylic oxidation sites excluding steroid dienone is 1. The Hall–Kier alpha value is -4.27. The summed E-state index contributed by atoms with van der Waals surface area (Å²) in [7, 11) is 0. The van der Waals surface area contributed by atoms with Crippen molar-refractivity contribution in [1.82, 2.24) is 20.4 Å². The predicted octanol–water partition coefficient (Wildman–Crippen LogP) is 5.31. The maximum Gasteiger partial charge on any atom is 0.322 e. The van der Waals surface area contributed by atoms with E-state index in [1.54, 1.807) is 43.3 Å². The van der Waals surface area contributed by atoms with Crippen molar-refractivity contribution in [3.63, 3.8) is 0 Å². The van der Waals surface area contributed by atoms with E-state index in [-0.39, 0.29) is 35.9 Å². The highest BCUT2D eigenvalue weighted by molar-refractivity contribution is 5.86. The normalized spacial score (nSPS) is 16.3. The molecule has 33 heavy (non-hydrogen) atoms. The van der Waals surface area contributed by atoms with Crippen molar-refractivity contribution in [3.05, 3.63) is 101 Å². The monoisotopic (exact) mass is 448 g/mol. The Morgan fingerprint density at radius 1 is 1.03 bits per heavy atom. The SMILES string of the molecule is CC1=C(c2nc(-c3ccc(F)cc3)no2)C(c2ccc(F)cc2)NC(=O)N1Cc1ccco1. The van der Waals surface area contributed by atoms with Crippen molar-refractivity contribution in [2.45, 2.75) is 19.5 Å². The molecule has 5 rings (SSSR count). The first kappa shape index (κ1) is 20.6. The number of hydrogen-bond acceptors (Lipinski definition) is 5. The number of hydrogen-bond donors (Lipinski definition) is 1. The maximum atomic E-state index is 13.5. The van der Waals surface area contributed by atoms with Gasteiger partial charge >= 0.3 is 6.03 Å². The van der Waals surface area contributed by atoms with Gasteiger partial charge in [0, 0.05) is 11.3 Å². The van der Waals surface area contributed by atoms with Crippen molar-refractivity contribution in [2.75, 3.05) is 0 Å². The van der Waals surface area contributed by atoms with Crippen molar-refractivity contribution in [1.29, 1.82) is 0 Å². The van der Waals surface area contributed by atoms with Gasteiger partial charge in [0.2, 0.25) is 5.82 Å². The van der Waals surface area contributed by atoms with Crippen molar-refractivity contribution in [3.8, 4) is 11.4 Å². The molecule has 1 aliphatic rings. The van der Waals surface area contributed by atoms with Crippen LogP contribution in [0.15, 0.2) is 81.6 Å². The highest BCUT2D eigenvalue weighted by Gasteiger charge is 2.36. The van der Waals surface area contributed by atoms with E-state index in [1.807, 2.05) is 0 Å². The zero-order valence-corrected chi connectivity index (χ0v) is 17.5. The summed E-state index contributed by atoms with van der Waals surface area (Å²) in [4.78, 5) is 19.0. The Kier molecular flexibility index (Phi) is 5.21. The summed E-state index contributed by atoms with van der Waals surface area (Å²) in [5.41, 5.74) is 2.38. The van der Waals surface area contributed by atoms with Crippen molar-refractivity contribution >= 4 is 11.6 Å². The molecule has 1 atom stereocenters. The fraction of sp³-hybridized carbons (Fsp3) is 0.125. The number of carbonyl (C=O) groups excluding carboxylic acids is 1. The average Bonchev–Trinajstić information content (AvgIpc) is 3.50. The van der Waals surface area contributed by atoms with E-state index in [9.17, 15) is 13.6 Å². The van der Waals surface area contributed by atoms with Gasteiger partial charge in [-0.15, -0.1) is 0 Å². The zero-order valence-electron chi connectivity index (χ0n) is 17.5. The number of carbonyl (C=O) groups is 1. The number of halogens is 2. The summed E-state index contributed by atoms with van der Waals surface area (Å²) in [5.74, 6) is 0.296. The first-order chi connectivity index (χ1) is 16.0. The van der Waals surface area contributed by atoms with E-state index >= 15 is 0 Å². The summed E-state index contributed by atoms with van der Waals surface area (Å²) in [6.07, 6.45) is 1.53. The van der Waals surface area contributed by atoms with Crippen LogP contribution in [0.25, 0.3) is 17.0 Å². The first-order valence-corrected chi connectivity index (χ1v) is 10.2. The molecule has 0 bridgehead atoms. The van der Waals surface area contributed by atoms with E-state index in [2.05, 4.69) is 15.5 Å². The van der Waals surface area contributed by atoms with Gasteiger partial charge in [0.15, 0.2) is 0 Å². The molecule has 0 radical (unpaired) electrons. The molecule has 1 N–H and O–H groups in total. The molecule has 4 aromatic rings. The maximum absolute atomic E-state index is 13.5. The Morgan fingerprint density at radius 2 is 1.73 bits per heavy atom. The lowest BCUT2D eigenvalue weighted by Gasteiger charge is -2.34. The number of aromatic nitrogens is 2. The predicted molar refractivity (Wildman–Crippen MR) is 114 cm³/mol. The van der Waals surface area contributed by atoms with E-state index < -0.39 is 6.04 Å². The van der Waals surface area contributed by atoms with Crippen LogP contribution in [0.3, 0.4) is 0 Å². The van der Waals surface area contributed by atoms with Crippen LogP contribution in [0.5, 0.6) is 0 Å². The topological polar surface area (TPSA) is 84.4 Å². The lowest BCUT2D eigenvalue weighted by atomic mass is 9.94. The molecule has 3 heterocycles. The fourth-order valence-electron chi connectivity index (χ4n) is 3.76. The smallest absolute Gasteiger partial charge is 0.322 e. The molecule has 0 aliphatic carbocycles. The lowest BCUT2D eigenvalue weighted by molar-refractivity contribution is 0.199. The highest BCUT2D eigenvalue weighted by atomic mass is 19.1. The molecule has 2 aromatic heterocycles. The Balaban J connectivity index is 1.59. The fourth-order valence-corrected chi connectivity index (χ4v) is 3.76. The van der Waals surface area contributed by atoms with Crippen LogP contribution >= 0.6 is 0 Å². The molecule has 2 aromatic carbocycles. The van der Waals surface area contributed by atoms with E-state index in [1.165, 1.54) is 35.4 Å². The Labute approximate surface area is 187 Å². The quantitative estimate of drug-likeness (QED) is 0.448. The number of nitrogens with one attached hydrogen (secondary N) is 1. The van der Waals surface area contributed by atoms with Crippen LogP contribution in [0, 0.1) is 11.6 Å². The second-order valence-electron chi connectivity index (χ2n) is 7.53. The average molecular weight is 448 g/mol. The van der Waals surface area contributed by atoms with Gasteiger partial charge in [-0.2, -0.15) is 4.98 Å².